The van der Waals surface area contributed by atoms with Gasteiger partial charge in [0.1, 0.15) is 0 Å². The third-order valence-electron chi connectivity index (χ3n) is 5.25. The highest BCUT2D eigenvalue weighted by molar-refractivity contribution is 9.10. The van der Waals surface area contributed by atoms with Gasteiger partial charge in [0.25, 0.3) is 10.0 Å². The highest BCUT2D eigenvalue weighted by atomic mass is 79.9. The molecule has 2 aromatic carbocycles. The summed E-state index contributed by atoms with van der Waals surface area (Å²) in [4.78, 5) is 23.6. The van der Waals surface area contributed by atoms with Crippen LogP contribution in [-0.4, -0.2) is 44.1 Å². The molecule has 0 spiro atoms. The van der Waals surface area contributed by atoms with E-state index in [0.29, 0.717) is 36.5 Å². The molecule has 168 valence electrons. The molecular formula is C22H23BrN4O4S. The first-order chi connectivity index (χ1) is 15.4. The highest BCUT2D eigenvalue weighted by Gasteiger charge is 2.30. The molecule has 1 aliphatic rings. The van der Waals surface area contributed by atoms with Crippen molar-refractivity contribution < 1.29 is 17.9 Å². The first-order valence-electron chi connectivity index (χ1n) is 10.3. The summed E-state index contributed by atoms with van der Waals surface area (Å²) >= 11 is 3.32. The van der Waals surface area contributed by atoms with Gasteiger partial charge in [-0.15, -0.1) is 0 Å². The zero-order valence-electron chi connectivity index (χ0n) is 17.5. The Balaban J connectivity index is 1.72. The topological polar surface area (TPSA) is 101 Å². The highest BCUT2D eigenvalue weighted by Crippen LogP contribution is 2.31. The molecule has 4 rings (SSSR count). The van der Waals surface area contributed by atoms with Crippen LogP contribution in [0.25, 0.3) is 11.0 Å². The van der Waals surface area contributed by atoms with Gasteiger partial charge < -0.3 is 9.64 Å². The number of nitrogens with one attached hydrogen (secondary N) is 1. The number of carbonyl (C=O) groups is 1. The number of hydrogen-bond acceptors (Lipinski definition) is 7. The molecule has 1 unspecified atom stereocenters. The fraction of sp³-hybridized carbons (Fsp3) is 0.318. The molecule has 1 aliphatic heterocycles. The zero-order chi connectivity index (χ0) is 22.7. The number of benzene rings is 2. The molecule has 32 heavy (non-hydrogen) atoms. The second-order valence-corrected chi connectivity index (χ2v) is 10.1. The van der Waals surface area contributed by atoms with E-state index in [0.717, 1.165) is 17.3 Å². The molecule has 8 nitrogen and oxygen atoms in total. The number of rotatable bonds is 6. The lowest BCUT2D eigenvalue weighted by atomic mass is 9.98. The summed E-state index contributed by atoms with van der Waals surface area (Å²) in [6.07, 6.45) is 1.48. The van der Waals surface area contributed by atoms with E-state index in [1.807, 2.05) is 23.1 Å². The average molecular weight is 519 g/mol. The first-order valence-corrected chi connectivity index (χ1v) is 12.6. The van der Waals surface area contributed by atoms with Gasteiger partial charge in [0, 0.05) is 17.6 Å². The summed E-state index contributed by atoms with van der Waals surface area (Å²) in [5.41, 5.74) is 1.22. The molecule has 1 aromatic heterocycles. The van der Waals surface area contributed by atoms with Crippen LogP contribution in [0.5, 0.6) is 0 Å². The maximum atomic E-state index is 13.1. The molecule has 1 saturated heterocycles. The summed E-state index contributed by atoms with van der Waals surface area (Å²) in [7, 11) is -3.89. The van der Waals surface area contributed by atoms with Gasteiger partial charge in [-0.05, 0) is 56.2 Å². The SMILES string of the molecule is CCOC(=O)C1CCCN(c2nc3ccccc3nc2NS(=O)(=O)c2ccc(Br)cc2)C1. The largest absolute Gasteiger partial charge is 0.466 e. The van der Waals surface area contributed by atoms with Gasteiger partial charge in [0.15, 0.2) is 11.6 Å². The Kier molecular flexibility index (Phi) is 6.61. The van der Waals surface area contributed by atoms with Gasteiger partial charge in [0.2, 0.25) is 0 Å². The van der Waals surface area contributed by atoms with Crippen LogP contribution in [0.4, 0.5) is 11.6 Å². The number of piperidine rings is 1. The van der Waals surface area contributed by atoms with Gasteiger partial charge in [-0.2, -0.15) is 0 Å². The number of nitrogens with zero attached hydrogens (tertiary/aromatic N) is 3. The summed E-state index contributed by atoms with van der Waals surface area (Å²) in [6.45, 7) is 3.13. The van der Waals surface area contributed by atoms with Crippen molar-refractivity contribution in [1.29, 1.82) is 0 Å². The number of esters is 1. The molecule has 1 atom stereocenters. The van der Waals surface area contributed by atoms with Crippen LogP contribution in [0.2, 0.25) is 0 Å². The van der Waals surface area contributed by atoms with E-state index in [1.54, 1.807) is 25.1 Å². The van der Waals surface area contributed by atoms with Crippen LogP contribution in [0.1, 0.15) is 19.8 Å². The monoisotopic (exact) mass is 518 g/mol. The lowest BCUT2D eigenvalue weighted by Gasteiger charge is -2.33. The number of ether oxygens (including phenoxy) is 1. The third-order valence-corrected chi connectivity index (χ3v) is 7.13. The summed E-state index contributed by atoms with van der Waals surface area (Å²) in [5.74, 6) is -0.00893. The predicted molar refractivity (Wildman–Crippen MR) is 126 cm³/mol. The molecule has 0 bridgehead atoms. The van der Waals surface area contributed by atoms with Crippen LogP contribution in [0, 0.1) is 5.92 Å². The van der Waals surface area contributed by atoms with E-state index in [4.69, 9.17) is 9.72 Å². The van der Waals surface area contributed by atoms with Crippen molar-refractivity contribution >= 4 is 54.6 Å². The molecule has 0 aliphatic carbocycles. The Morgan fingerprint density at radius 2 is 1.84 bits per heavy atom. The lowest BCUT2D eigenvalue weighted by molar-refractivity contribution is -0.148. The number of anilines is 2. The van der Waals surface area contributed by atoms with E-state index in [1.165, 1.54) is 12.1 Å². The van der Waals surface area contributed by atoms with Crippen LogP contribution in [0.3, 0.4) is 0 Å². The number of para-hydroxylation sites is 2. The normalized spacial score (nSPS) is 16.7. The molecule has 10 heteroatoms. The number of fused-ring (bicyclic) bond motifs is 1. The van der Waals surface area contributed by atoms with E-state index in [2.05, 4.69) is 25.6 Å². The molecule has 0 amide bonds. The quantitative estimate of drug-likeness (QED) is 0.492. The Morgan fingerprint density at radius 1 is 1.16 bits per heavy atom. The molecule has 1 N–H and O–H groups in total. The van der Waals surface area contributed by atoms with Gasteiger partial charge in [0.05, 0.1) is 28.5 Å². The zero-order valence-corrected chi connectivity index (χ0v) is 19.9. The third kappa shape index (κ3) is 4.86. The van der Waals surface area contributed by atoms with Crippen LogP contribution >= 0.6 is 15.9 Å². The van der Waals surface area contributed by atoms with E-state index >= 15 is 0 Å². The summed E-state index contributed by atoms with van der Waals surface area (Å²) < 4.78 is 34.7. The molecule has 2 heterocycles. The fourth-order valence-corrected chi connectivity index (χ4v) is 4.97. The Morgan fingerprint density at radius 3 is 2.53 bits per heavy atom. The van der Waals surface area contributed by atoms with Crippen molar-refractivity contribution in [2.75, 3.05) is 29.3 Å². The minimum atomic E-state index is -3.89. The number of carbonyl (C=O) groups excluding carboxylic acids is 1. The number of sulfonamides is 1. The predicted octanol–water partition coefficient (Wildman–Crippen LogP) is 3.97. The Hall–Kier alpha value is -2.72. The van der Waals surface area contributed by atoms with E-state index in [9.17, 15) is 13.2 Å². The molecule has 0 radical (unpaired) electrons. The minimum absolute atomic E-state index is 0.115. The molecule has 0 saturated carbocycles. The van der Waals surface area contributed by atoms with Crippen molar-refractivity contribution in [2.24, 2.45) is 5.92 Å². The fourth-order valence-electron chi connectivity index (χ4n) is 3.70. The summed E-state index contributed by atoms with van der Waals surface area (Å²) in [6, 6.07) is 13.6. The van der Waals surface area contributed by atoms with Gasteiger partial charge in [-0.1, -0.05) is 28.1 Å². The number of halogens is 1. The second kappa shape index (κ2) is 9.41. The van der Waals surface area contributed by atoms with Crippen molar-refractivity contribution in [3.8, 4) is 0 Å². The second-order valence-electron chi connectivity index (χ2n) is 7.48. The van der Waals surface area contributed by atoms with E-state index in [-0.39, 0.29) is 22.6 Å². The maximum Gasteiger partial charge on any atom is 0.310 e. The van der Waals surface area contributed by atoms with Crippen molar-refractivity contribution in [3.05, 3.63) is 53.0 Å². The first kappa shape index (κ1) is 22.5. The standard InChI is InChI=1S/C22H23BrN4O4S/c1-2-31-22(28)15-6-5-13-27(14-15)21-20(24-18-7-3-4-8-19(18)25-21)26-32(29,30)17-11-9-16(23)10-12-17/h3-4,7-12,15H,2,5-6,13-14H2,1H3,(H,24,26). The van der Waals surface area contributed by atoms with E-state index < -0.39 is 10.0 Å². The number of aromatic nitrogens is 2. The smallest absolute Gasteiger partial charge is 0.310 e. The lowest BCUT2D eigenvalue weighted by Crippen LogP contribution is -2.40. The van der Waals surface area contributed by atoms with Crippen molar-refractivity contribution in [1.82, 2.24) is 9.97 Å². The van der Waals surface area contributed by atoms with Gasteiger partial charge >= 0.3 is 5.97 Å². The van der Waals surface area contributed by atoms with Crippen LogP contribution in [-0.2, 0) is 19.6 Å². The maximum absolute atomic E-state index is 13.1. The molecule has 3 aromatic rings. The van der Waals surface area contributed by atoms with Crippen molar-refractivity contribution in [2.45, 2.75) is 24.7 Å². The molecule has 1 fully saturated rings. The van der Waals surface area contributed by atoms with Gasteiger partial charge in [-0.3, -0.25) is 9.52 Å². The molecular weight excluding hydrogens is 496 g/mol. The minimum Gasteiger partial charge on any atom is -0.466 e. The summed E-state index contributed by atoms with van der Waals surface area (Å²) in [5, 5.41) is 0. The van der Waals surface area contributed by atoms with Crippen LogP contribution < -0.4 is 9.62 Å². The van der Waals surface area contributed by atoms with Crippen molar-refractivity contribution in [3.63, 3.8) is 0 Å². The average Bonchev–Trinajstić information content (AvgIpc) is 2.79. The Bertz CT molecular complexity index is 1230. The number of hydrogen-bond donors (Lipinski definition) is 1. The van der Waals surface area contributed by atoms with Crippen LogP contribution in [0.15, 0.2) is 57.9 Å². The Labute approximate surface area is 195 Å². The van der Waals surface area contributed by atoms with Gasteiger partial charge in [-0.25, -0.2) is 18.4 Å².